The monoisotopic (exact) mass is 273 g/mol. The summed E-state index contributed by atoms with van der Waals surface area (Å²) in [6.45, 7) is 1.83. The predicted octanol–water partition coefficient (Wildman–Crippen LogP) is 3.32. The van der Waals surface area contributed by atoms with Crippen molar-refractivity contribution in [2.45, 2.75) is 12.3 Å². The zero-order valence-electron chi connectivity index (χ0n) is 10.6. The Bertz CT molecular complexity index is 583. The van der Waals surface area contributed by atoms with E-state index in [9.17, 15) is 5.11 Å². The highest BCUT2D eigenvalue weighted by atomic mass is 35.5. The Morgan fingerprint density at radius 1 is 1.16 bits per heavy atom. The van der Waals surface area contributed by atoms with Gasteiger partial charge in [0.2, 0.25) is 0 Å². The fourth-order valence-corrected chi connectivity index (χ4v) is 2.91. The van der Waals surface area contributed by atoms with E-state index in [-0.39, 0.29) is 11.7 Å². The average Bonchev–Trinajstić information content (AvgIpc) is 2.63. The number of aromatic hydroxyl groups is 1. The van der Waals surface area contributed by atoms with E-state index in [4.69, 9.17) is 11.6 Å². The smallest absolute Gasteiger partial charge is 0.134 e. The Hall–Kier alpha value is -1.51. The Balaban J connectivity index is 2.11. The molecule has 2 nitrogen and oxygen atoms in total. The zero-order valence-corrected chi connectivity index (χ0v) is 11.3. The molecule has 2 aromatic carbocycles. The molecule has 0 saturated carbocycles. The lowest BCUT2D eigenvalue weighted by atomic mass is 9.88. The minimum atomic E-state index is 0.170. The third kappa shape index (κ3) is 2.46. The molecule has 98 valence electrons. The fourth-order valence-electron chi connectivity index (χ4n) is 2.72. The average molecular weight is 274 g/mol. The molecule has 2 aromatic rings. The van der Waals surface area contributed by atoms with E-state index in [1.54, 1.807) is 0 Å². The van der Waals surface area contributed by atoms with Crippen molar-refractivity contribution in [2.75, 3.05) is 13.1 Å². The van der Waals surface area contributed by atoms with Gasteiger partial charge in [-0.2, -0.15) is 0 Å². The summed E-state index contributed by atoms with van der Waals surface area (Å²) in [6.07, 6.45) is 0.943. The maximum Gasteiger partial charge on any atom is 0.134 e. The third-order valence-electron chi connectivity index (χ3n) is 3.71. The molecule has 1 aliphatic rings. The van der Waals surface area contributed by atoms with Crippen LogP contribution in [-0.4, -0.2) is 18.2 Å². The van der Waals surface area contributed by atoms with Crippen LogP contribution in [0.3, 0.4) is 0 Å². The minimum Gasteiger partial charge on any atom is -0.506 e. The van der Waals surface area contributed by atoms with E-state index in [0.717, 1.165) is 19.5 Å². The lowest BCUT2D eigenvalue weighted by Crippen LogP contribution is -2.20. The Labute approximate surface area is 118 Å². The van der Waals surface area contributed by atoms with Crippen LogP contribution >= 0.6 is 11.6 Å². The van der Waals surface area contributed by atoms with Gasteiger partial charge in [-0.1, -0.05) is 41.9 Å². The molecule has 19 heavy (non-hydrogen) atoms. The zero-order chi connectivity index (χ0) is 13.2. The highest BCUT2D eigenvalue weighted by Crippen LogP contribution is 2.35. The summed E-state index contributed by atoms with van der Waals surface area (Å²) in [4.78, 5) is 0. The summed E-state index contributed by atoms with van der Waals surface area (Å²) in [5, 5.41) is 13.8. The van der Waals surface area contributed by atoms with Gasteiger partial charge in [-0.05, 0) is 41.8 Å². The molecular formula is C16H16ClNO. The Morgan fingerprint density at radius 3 is 2.74 bits per heavy atom. The molecule has 0 amide bonds. The number of phenolic OH excluding ortho intramolecular Hbond substituents is 1. The summed E-state index contributed by atoms with van der Waals surface area (Å²) in [5.74, 6) is 0.435. The van der Waals surface area contributed by atoms with Gasteiger partial charge in [0.15, 0.2) is 0 Å². The van der Waals surface area contributed by atoms with Crippen molar-refractivity contribution in [1.29, 1.82) is 0 Å². The second kappa shape index (κ2) is 5.24. The maximum absolute atomic E-state index is 9.88. The maximum atomic E-state index is 9.88. The summed E-state index contributed by atoms with van der Waals surface area (Å²) < 4.78 is 0. The van der Waals surface area contributed by atoms with Crippen LogP contribution < -0.4 is 5.32 Å². The largest absolute Gasteiger partial charge is 0.506 e. The normalized spacial score (nSPS) is 18.7. The number of hydrogen-bond donors (Lipinski definition) is 2. The van der Waals surface area contributed by atoms with Crippen molar-refractivity contribution in [3.05, 3.63) is 64.2 Å². The molecule has 1 aliphatic heterocycles. The number of halogens is 1. The standard InChI is InChI=1S/C16H16ClNO/c17-15-8-12-6-7-18-10-14(13(12)9-16(15)19)11-4-2-1-3-5-11/h1-5,8-9,14,18-19H,6-7,10H2/t14-/m1/s1. The summed E-state index contributed by atoms with van der Waals surface area (Å²) in [6, 6.07) is 14.1. The third-order valence-corrected chi connectivity index (χ3v) is 4.01. The van der Waals surface area contributed by atoms with Gasteiger partial charge in [0.25, 0.3) is 0 Å². The number of rotatable bonds is 1. The lowest BCUT2D eigenvalue weighted by molar-refractivity contribution is 0.474. The van der Waals surface area contributed by atoms with Gasteiger partial charge in [0.05, 0.1) is 5.02 Å². The van der Waals surface area contributed by atoms with Crippen LogP contribution in [0.2, 0.25) is 5.02 Å². The number of hydrogen-bond acceptors (Lipinski definition) is 2. The number of phenols is 1. The van der Waals surface area contributed by atoms with Gasteiger partial charge in [-0.3, -0.25) is 0 Å². The first-order valence-electron chi connectivity index (χ1n) is 6.52. The molecule has 0 spiro atoms. The molecule has 3 heteroatoms. The van der Waals surface area contributed by atoms with Crippen molar-refractivity contribution in [3.63, 3.8) is 0 Å². The van der Waals surface area contributed by atoms with E-state index in [1.165, 1.54) is 16.7 Å². The van der Waals surface area contributed by atoms with Gasteiger partial charge in [0.1, 0.15) is 5.75 Å². The molecule has 2 N–H and O–H groups in total. The van der Waals surface area contributed by atoms with E-state index in [1.807, 2.05) is 18.2 Å². The Kier molecular flexibility index (Phi) is 3.45. The van der Waals surface area contributed by atoms with Crippen LogP contribution in [0.15, 0.2) is 42.5 Å². The molecule has 0 aromatic heterocycles. The molecule has 0 unspecified atom stereocenters. The van der Waals surface area contributed by atoms with Crippen molar-refractivity contribution >= 4 is 11.6 Å². The second-order valence-corrected chi connectivity index (χ2v) is 5.33. The van der Waals surface area contributed by atoms with E-state index < -0.39 is 0 Å². The van der Waals surface area contributed by atoms with Crippen LogP contribution in [0.1, 0.15) is 22.6 Å². The van der Waals surface area contributed by atoms with E-state index in [2.05, 4.69) is 29.6 Å². The highest BCUT2D eigenvalue weighted by Gasteiger charge is 2.21. The van der Waals surface area contributed by atoms with Crippen molar-refractivity contribution in [2.24, 2.45) is 0 Å². The lowest BCUT2D eigenvalue weighted by Gasteiger charge is -2.19. The van der Waals surface area contributed by atoms with Gasteiger partial charge < -0.3 is 10.4 Å². The summed E-state index contributed by atoms with van der Waals surface area (Å²) >= 11 is 6.02. The molecule has 0 fully saturated rings. The van der Waals surface area contributed by atoms with Crippen LogP contribution in [0.5, 0.6) is 5.75 Å². The van der Waals surface area contributed by atoms with Crippen molar-refractivity contribution in [1.82, 2.24) is 5.32 Å². The molecule has 0 bridgehead atoms. The topological polar surface area (TPSA) is 32.3 Å². The van der Waals surface area contributed by atoms with Crippen molar-refractivity contribution < 1.29 is 5.11 Å². The summed E-state index contributed by atoms with van der Waals surface area (Å²) in [5.41, 5.74) is 3.67. The quantitative estimate of drug-likeness (QED) is 0.835. The van der Waals surface area contributed by atoms with Gasteiger partial charge in [-0.15, -0.1) is 0 Å². The SMILES string of the molecule is Oc1cc2c(cc1Cl)CCNC[C@@H]2c1ccccc1. The van der Waals surface area contributed by atoms with E-state index in [0.29, 0.717) is 5.02 Å². The van der Waals surface area contributed by atoms with Crippen LogP contribution in [0, 0.1) is 0 Å². The van der Waals surface area contributed by atoms with Gasteiger partial charge in [0, 0.05) is 12.5 Å². The molecule has 1 atom stereocenters. The van der Waals surface area contributed by atoms with Crippen LogP contribution in [-0.2, 0) is 6.42 Å². The molecule has 0 radical (unpaired) electrons. The molecule has 3 rings (SSSR count). The number of benzene rings is 2. The van der Waals surface area contributed by atoms with E-state index >= 15 is 0 Å². The summed E-state index contributed by atoms with van der Waals surface area (Å²) in [7, 11) is 0. The molecule has 1 heterocycles. The molecular weight excluding hydrogens is 258 g/mol. The molecule has 0 aliphatic carbocycles. The van der Waals surface area contributed by atoms with Gasteiger partial charge >= 0.3 is 0 Å². The number of nitrogens with one attached hydrogen (secondary N) is 1. The highest BCUT2D eigenvalue weighted by molar-refractivity contribution is 6.32. The fraction of sp³-hybridized carbons (Fsp3) is 0.250. The van der Waals surface area contributed by atoms with Crippen molar-refractivity contribution in [3.8, 4) is 5.75 Å². The second-order valence-electron chi connectivity index (χ2n) is 4.92. The first-order chi connectivity index (χ1) is 9.25. The van der Waals surface area contributed by atoms with Gasteiger partial charge in [-0.25, -0.2) is 0 Å². The Morgan fingerprint density at radius 2 is 1.95 bits per heavy atom. The minimum absolute atomic E-state index is 0.170. The number of fused-ring (bicyclic) bond motifs is 1. The molecule has 0 saturated heterocycles. The predicted molar refractivity (Wildman–Crippen MR) is 78.0 cm³/mol. The first kappa shape index (κ1) is 12.5. The van der Waals surface area contributed by atoms with Crippen LogP contribution in [0.25, 0.3) is 0 Å². The first-order valence-corrected chi connectivity index (χ1v) is 6.90. The van der Waals surface area contributed by atoms with Crippen LogP contribution in [0.4, 0.5) is 0 Å².